The second kappa shape index (κ2) is 16.6. The first-order valence-electron chi connectivity index (χ1n) is 17.3. The Morgan fingerprint density at radius 1 is 1.04 bits per heavy atom. The van der Waals surface area contributed by atoms with Gasteiger partial charge in [0.1, 0.15) is 11.8 Å². The number of aliphatic hydroxyl groups is 1. The van der Waals surface area contributed by atoms with Crippen LogP contribution in [-0.4, -0.2) is 60.3 Å². The molecule has 256 valence electrons. The Kier molecular flexibility index (Phi) is 12.1. The van der Waals surface area contributed by atoms with Crippen molar-refractivity contribution in [2.75, 3.05) is 38.3 Å². The Morgan fingerprint density at radius 2 is 1.79 bits per heavy atom. The SMILES string of the molecule is COc1ccc(C2CCC(CN(C(=O)C3CCC(COC(=O)NCCO)CC3)c3cccc(-c4cnn(C(C)C)c4)c3)CC2)cc1C#N. The molecule has 0 radical (unpaired) electrons. The topological polar surface area (TPSA) is 130 Å². The molecule has 3 aromatic rings. The van der Waals surface area contributed by atoms with Gasteiger partial charge in [-0.3, -0.25) is 9.48 Å². The van der Waals surface area contributed by atoms with Gasteiger partial charge in [-0.25, -0.2) is 4.79 Å². The Balaban J connectivity index is 1.28. The minimum atomic E-state index is -0.514. The molecular weight excluding hydrogens is 606 g/mol. The smallest absolute Gasteiger partial charge is 0.407 e. The summed E-state index contributed by atoms with van der Waals surface area (Å²) in [5, 5.41) is 25.5. The first-order valence-corrected chi connectivity index (χ1v) is 17.3. The zero-order valence-corrected chi connectivity index (χ0v) is 28.4. The normalized spacial score (nSPS) is 20.9. The van der Waals surface area contributed by atoms with Crippen molar-refractivity contribution in [3.63, 3.8) is 0 Å². The molecule has 5 rings (SSSR count). The van der Waals surface area contributed by atoms with Crippen LogP contribution in [0.15, 0.2) is 54.9 Å². The number of carbonyl (C=O) groups is 2. The third-order valence-corrected chi connectivity index (χ3v) is 10.0. The molecule has 2 saturated carbocycles. The van der Waals surface area contributed by atoms with Gasteiger partial charge in [-0.05, 0) is 118 Å². The van der Waals surface area contributed by atoms with Crippen molar-refractivity contribution in [1.82, 2.24) is 15.1 Å². The summed E-state index contributed by atoms with van der Waals surface area (Å²) in [5.74, 6) is 1.66. The monoisotopic (exact) mass is 655 g/mol. The number of hydrogen-bond acceptors (Lipinski definition) is 7. The highest BCUT2D eigenvalue weighted by Crippen LogP contribution is 2.39. The molecule has 2 amide bonds. The van der Waals surface area contributed by atoms with E-state index in [4.69, 9.17) is 14.6 Å². The predicted octanol–water partition coefficient (Wildman–Crippen LogP) is 6.84. The number of nitrogens with zero attached hydrogens (tertiary/aromatic N) is 4. The predicted molar refractivity (Wildman–Crippen MR) is 185 cm³/mol. The average Bonchev–Trinajstić information content (AvgIpc) is 3.63. The molecule has 10 heteroatoms. The summed E-state index contributed by atoms with van der Waals surface area (Å²) < 4.78 is 12.6. The molecule has 1 heterocycles. The molecule has 0 saturated heterocycles. The highest BCUT2D eigenvalue weighted by molar-refractivity contribution is 5.95. The molecule has 1 aromatic heterocycles. The third-order valence-electron chi connectivity index (χ3n) is 10.0. The van der Waals surface area contributed by atoms with Gasteiger partial charge in [0, 0.05) is 42.5 Å². The van der Waals surface area contributed by atoms with Crippen molar-refractivity contribution < 1.29 is 24.2 Å². The van der Waals surface area contributed by atoms with E-state index >= 15 is 0 Å². The highest BCUT2D eigenvalue weighted by atomic mass is 16.5. The van der Waals surface area contributed by atoms with E-state index in [0.29, 0.717) is 36.3 Å². The van der Waals surface area contributed by atoms with E-state index in [1.807, 2.05) is 40.0 Å². The van der Waals surface area contributed by atoms with E-state index in [2.05, 4.69) is 54.7 Å². The Morgan fingerprint density at radius 3 is 2.46 bits per heavy atom. The van der Waals surface area contributed by atoms with Crippen LogP contribution in [0.1, 0.15) is 88.3 Å². The van der Waals surface area contributed by atoms with E-state index in [9.17, 15) is 14.9 Å². The van der Waals surface area contributed by atoms with E-state index in [0.717, 1.165) is 68.2 Å². The maximum Gasteiger partial charge on any atom is 0.407 e. The molecule has 0 atom stereocenters. The number of benzene rings is 2. The number of methoxy groups -OCH3 is 1. The number of amides is 2. The van der Waals surface area contributed by atoms with Gasteiger partial charge in [0.25, 0.3) is 0 Å². The lowest BCUT2D eigenvalue weighted by molar-refractivity contribution is -0.123. The maximum absolute atomic E-state index is 14.4. The highest BCUT2D eigenvalue weighted by Gasteiger charge is 2.33. The number of aliphatic hydroxyl groups excluding tert-OH is 1. The Hall–Kier alpha value is -4.36. The molecule has 10 nitrogen and oxygen atoms in total. The molecule has 0 unspecified atom stereocenters. The van der Waals surface area contributed by atoms with Crippen LogP contribution in [0, 0.1) is 29.1 Å². The van der Waals surface area contributed by atoms with Crippen LogP contribution in [0.3, 0.4) is 0 Å². The van der Waals surface area contributed by atoms with Crippen LogP contribution in [0.4, 0.5) is 10.5 Å². The fourth-order valence-corrected chi connectivity index (χ4v) is 7.15. The van der Waals surface area contributed by atoms with Crippen LogP contribution in [0.25, 0.3) is 11.1 Å². The largest absolute Gasteiger partial charge is 0.495 e. The summed E-state index contributed by atoms with van der Waals surface area (Å²) in [4.78, 5) is 28.2. The van der Waals surface area contributed by atoms with Gasteiger partial charge in [-0.1, -0.05) is 18.2 Å². The number of carbonyl (C=O) groups excluding carboxylic acids is 2. The lowest BCUT2D eigenvalue weighted by Crippen LogP contribution is -2.41. The molecule has 0 spiro atoms. The fourth-order valence-electron chi connectivity index (χ4n) is 7.15. The summed E-state index contributed by atoms with van der Waals surface area (Å²) in [6.07, 6.45) is 10.6. The molecule has 48 heavy (non-hydrogen) atoms. The van der Waals surface area contributed by atoms with Gasteiger partial charge < -0.3 is 24.8 Å². The van der Waals surface area contributed by atoms with Crippen LogP contribution in [0.5, 0.6) is 5.75 Å². The molecule has 2 aliphatic rings. The quantitative estimate of drug-likeness (QED) is 0.218. The number of ether oxygens (including phenoxy) is 2. The minimum Gasteiger partial charge on any atom is -0.495 e. The standard InChI is InChI=1S/C38H49N5O5/c1-26(2)43-24-34(22-41-43)31-5-4-6-35(20-31)42(37(45)30-13-9-28(10-14-30)25-48-38(46)40-17-18-44)23-27-7-11-29(12-8-27)32-15-16-36(47-3)33(19-32)21-39/h4-6,15-16,19-20,22,24,26-30,44H,7-14,17-18,23,25H2,1-3H3,(H,40,46). The van der Waals surface area contributed by atoms with E-state index < -0.39 is 6.09 Å². The number of rotatable bonds is 12. The summed E-state index contributed by atoms with van der Waals surface area (Å²) >= 11 is 0. The van der Waals surface area contributed by atoms with E-state index in [-0.39, 0.29) is 36.9 Å². The number of alkyl carbamates (subject to hydrolysis) is 1. The lowest BCUT2D eigenvalue weighted by Gasteiger charge is -2.36. The number of nitrogens with one attached hydrogen (secondary N) is 1. The number of hydrogen-bond donors (Lipinski definition) is 2. The summed E-state index contributed by atoms with van der Waals surface area (Å²) in [7, 11) is 1.59. The van der Waals surface area contributed by atoms with Crippen LogP contribution in [-0.2, 0) is 9.53 Å². The van der Waals surface area contributed by atoms with E-state index in [1.165, 1.54) is 5.56 Å². The fraction of sp³-hybridized carbons (Fsp3) is 0.526. The van der Waals surface area contributed by atoms with E-state index in [1.54, 1.807) is 7.11 Å². The van der Waals surface area contributed by atoms with Gasteiger partial charge in [0.2, 0.25) is 5.91 Å². The van der Waals surface area contributed by atoms with Crippen molar-refractivity contribution in [3.8, 4) is 22.9 Å². The molecular formula is C38H49N5O5. The van der Waals surface area contributed by atoms with Crippen molar-refractivity contribution >= 4 is 17.7 Å². The van der Waals surface area contributed by atoms with Gasteiger partial charge in [0.15, 0.2) is 0 Å². The summed E-state index contributed by atoms with van der Waals surface area (Å²) in [5.41, 5.74) is 4.72. The van der Waals surface area contributed by atoms with Crippen molar-refractivity contribution in [3.05, 3.63) is 66.0 Å². The molecule has 2 fully saturated rings. The number of anilines is 1. The van der Waals surface area contributed by atoms with Crippen molar-refractivity contribution in [2.45, 2.75) is 77.2 Å². The molecule has 2 aliphatic carbocycles. The third kappa shape index (κ3) is 8.75. The average molecular weight is 656 g/mol. The van der Waals surface area contributed by atoms with Gasteiger partial charge >= 0.3 is 6.09 Å². The zero-order chi connectivity index (χ0) is 34.0. The second-order valence-corrected chi connectivity index (χ2v) is 13.6. The second-order valence-electron chi connectivity index (χ2n) is 13.6. The summed E-state index contributed by atoms with van der Waals surface area (Å²) in [6, 6.07) is 16.7. The van der Waals surface area contributed by atoms with Gasteiger partial charge in [0.05, 0.1) is 32.1 Å². The maximum atomic E-state index is 14.4. The van der Waals surface area contributed by atoms with Crippen LogP contribution < -0.4 is 15.0 Å². The van der Waals surface area contributed by atoms with Crippen LogP contribution in [0.2, 0.25) is 0 Å². The minimum absolute atomic E-state index is 0.0862. The number of aromatic nitrogens is 2. The first-order chi connectivity index (χ1) is 23.3. The molecule has 2 N–H and O–H groups in total. The molecule has 0 bridgehead atoms. The molecule has 2 aromatic carbocycles. The zero-order valence-electron chi connectivity index (χ0n) is 28.4. The van der Waals surface area contributed by atoms with Gasteiger partial charge in [-0.2, -0.15) is 10.4 Å². The van der Waals surface area contributed by atoms with Crippen molar-refractivity contribution in [1.29, 1.82) is 5.26 Å². The first kappa shape index (κ1) is 35.0. The summed E-state index contributed by atoms with van der Waals surface area (Å²) in [6.45, 7) is 5.24. The van der Waals surface area contributed by atoms with Crippen LogP contribution >= 0.6 is 0 Å². The van der Waals surface area contributed by atoms with Gasteiger partial charge in [-0.15, -0.1) is 0 Å². The molecule has 0 aliphatic heterocycles. The Bertz CT molecular complexity index is 1560. The Labute approximate surface area is 284 Å². The van der Waals surface area contributed by atoms with Crippen molar-refractivity contribution in [2.24, 2.45) is 17.8 Å². The lowest BCUT2D eigenvalue weighted by atomic mass is 9.77. The number of nitriles is 1.